The SMILES string of the molecule is c1cc(-c2ccc3ccccc3c2)cc(-c2nc(-c3ccc4c(c3)c3ccc5sc6cccc7c8ccccc8n4c3c5c67)nc(-c3cccc4oc5ccccc5c34)n2)c1. The van der Waals surface area contributed by atoms with Gasteiger partial charge in [0.05, 0.1) is 16.6 Å². The van der Waals surface area contributed by atoms with E-state index >= 15 is 0 Å². The number of hydrogen-bond acceptors (Lipinski definition) is 5. The quantitative estimate of drug-likeness (QED) is 0.178. The molecule has 5 aromatic heterocycles. The molecule has 0 spiro atoms. The number of aromatic nitrogens is 4. The van der Waals surface area contributed by atoms with Gasteiger partial charge >= 0.3 is 0 Å². The van der Waals surface area contributed by atoms with Crippen molar-refractivity contribution in [3.05, 3.63) is 182 Å². The number of furan rings is 1. The van der Waals surface area contributed by atoms with E-state index in [-0.39, 0.29) is 0 Å². The normalized spacial score (nSPS) is 12.3. The number of hydrogen-bond donors (Lipinski definition) is 0. The van der Waals surface area contributed by atoms with Gasteiger partial charge in [0.15, 0.2) is 17.5 Å². The van der Waals surface area contributed by atoms with Gasteiger partial charge in [0.1, 0.15) is 11.2 Å². The zero-order valence-corrected chi connectivity index (χ0v) is 33.2. The van der Waals surface area contributed by atoms with Crippen LogP contribution in [0.3, 0.4) is 0 Å². The van der Waals surface area contributed by atoms with Crippen LogP contribution < -0.4 is 0 Å². The summed E-state index contributed by atoms with van der Waals surface area (Å²) in [4.78, 5) is 15.9. The van der Waals surface area contributed by atoms with Gasteiger partial charge in [0, 0.05) is 63.8 Å². The Morgan fingerprint density at radius 1 is 0.377 bits per heavy atom. The van der Waals surface area contributed by atoms with Crippen LogP contribution in [0.25, 0.3) is 136 Å². The molecule has 14 aromatic rings. The zero-order valence-electron chi connectivity index (χ0n) is 32.4. The smallest absolute Gasteiger partial charge is 0.164 e. The number of nitrogens with zero attached hydrogens (tertiary/aromatic N) is 4. The Morgan fingerprint density at radius 3 is 1.98 bits per heavy atom. The van der Waals surface area contributed by atoms with Crippen molar-refractivity contribution in [3.8, 4) is 45.3 Å². The molecule has 14 rings (SSSR count). The van der Waals surface area contributed by atoms with Crippen molar-refractivity contribution < 1.29 is 4.42 Å². The highest BCUT2D eigenvalue weighted by atomic mass is 32.1. The van der Waals surface area contributed by atoms with Crippen LogP contribution in [-0.2, 0) is 0 Å². The van der Waals surface area contributed by atoms with Crippen molar-refractivity contribution in [2.75, 3.05) is 0 Å². The molecular weight excluding hydrogens is 765 g/mol. The van der Waals surface area contributed by atoms with Gasteiger partial charge in [-0.15, -0.1) is 11.3 Å². The summed E-state index contributed by atoms with van der Waals surface area (Å²) in [7, 11) is 0. The van der Waals surface area contributed by atoms with E-state index in [1.54, 1.807) is 0 Å². The van der Waals surface area contributed by atoms with Crippen LogP contribution in [0.15, 0.2) is 186 Å². The maximum atomic E-state index is 6.35. The van der Waals surface area contributed by atoms with Gasteiger partial charge in [-0.05, 0) is 87.9 Å². The first-order chi connectivity index (χ1) is 30.2. The molecule has 0 unspecified atom stereocenters. The minimum Gasteiger partial charge on any atom is -0.456 e. The molecule has 0 fully saturated rings. The Kier molecular flexibility index (Phi) is 6.65. The molecule has 282 valence electrons. The molecule has 0 radical (unpaired) electrons. The van der Waals surface area contributed by atoms with E-state index in [1.165, 1.54) is 58.1 Å². The third kappa shape index (κ3) is 4.73. The van der Waals surface area contributed by atoms with Gasteiger partial charge in [-0.1, -0.05) is 121 Å². The Hall–Kier alpha value is -7.93. The Labute approximate surface area is 351 Å². The molecule has 0 aliphatic carbocycles. The summed E-state index contributed by atoms with van der Waals surface area (Å²) in [6.45, 7) is 0. The van der Waals surface area contributed by atoms with Crippen LogP contribution in [0.2, 0.25) is 0 Å². The predicted octanol–water partition coefficient (Wildman–Crippen LogP) is 15.1. The number of para-hydroxylation sites is 2. The van der Waals surface area contributed by atoms with Gasteiger partial charge in [0.2, 0.25) is 0 Å². The molecule has 0 atom stereocenters. The summed E-state index contributed by atoms with van der Waals surface area (Å²) >= 11 is 1.87. The first-order valence-electron chi connectivity index (χ1n) is 20.5. The molecule has 5 nitrogen and oxygen atoms in total. The third-order valence-corrected chi connectivity index (χ3v) is 13.7. The molecular formula is C55H30N4OS. The zero-order chi connectivity index (χ0) is 39.8. The van der Waals surface area contributed by atoms with E-state index in [0.29, 0.717) is 17.5 Å². The summed E-state index contributed by atoms with van der Waals surface area (Å²) in [6, 6.07) is 64.8. The van der Waals surface area contributed by atoms with Crippen LogP contribution in [0.5, 0.6) is 0 Å². The Bertz CT molecular complexity index is 4120. The van der Waals surface area contributed by atoms with Gasteiger partial charge in [0.25, 0.3) is 0 Å². The Balaban J connectivity index is 1.03. The lowest BCUT2D eigenvalue weighted by atomic mass is 9.99. The molecule has 0 aliphatic rings. The van der Waals surface area contributed by atoms with E-state index < -0.39 is 0 Å². The first kappa shape index (κ1) is 33.0. The van der Waals surface area contributed by atoms with E-state index in [9.17, 15) is 0 Å². The molecule has 0 saturated carbocycles. The van der Waals surface area contributed by atoms with E-state index in [4.69, 9.17) is 19.4 Å². The van der Waals surface area contributed by atoms with Crippen LogP contribution in [-0.4, -0.2) is 19.4 Å². The lowest BCUT2D eigenvalue weighted by molar-refractivity contribution is 0.669. The van der Waals surface area contributed by atoms with Crippen molar-refractivity contribution in [1.82, 2.24) is 19.4 Å². The molecule has 0 N–H and O–H groups in total. The molecule has 0 saturated heterocycles. The van der Waals surface area contributed by atoms with Crippen molar-refractivity contribution in [2.24, 2.45) is 0 Å². The molecule has 0 amide bonds. The molecule has 5 heterocycles. The highest BCUT2D eigenvalue weighted by Gasteiger charge is 2.22. The Morgan fingerprint density at radius 2 is 1.05 bits per heavy atom. The minimum absolute atomic E-state index is 0.595. The average Bonchev–Trinajstić information content (AvgIpc) is 3.98. The third-order valence-electron chi connectivity index (χ3n) is 12.6. The molecule has 0 aliphatic heterocycles. The minimum atomic E-state index is 0.595. The van der Waals surface area contributed by atoms with Crippen LogP contribution in [0.4, 0.5) is 0 Å². The summed E-state index contributed by atoms with van der Waals surface area (Å²) in [5.74, 6) is 1.82. The van der Waals surface area contributed by atoms with Gasteiger partial charge in [-0.3, -0.25) is 0 Å². The largest absolute Gasteiger partial charge is 0.456 e. The summed E-state index contributed by atoms with van der Waals surface area (Å²) in [5, 5.41) is 12.0. The molecule has 0 bridgehead atoms. The van der Waals surface area contributed by atoms with Crippen LogP contribution in [0.1, 0.15) is 0 Å². The predicted molar refractivity (Wildman–Crippen MR) is 254 cm³/mol. The van der Waals surface area contributed by atoms with Crippen LogP contribution in [0, 0.1) is 0 Å². The monoisotopic (exact) mass is 794 g/mol. The van der Waals surface area contributed by atoms with Gasteiger partial charge in [-0.25, -0.2) is 15.0 Å². The second-order valence-corrected chi connectivity index (χ2v) is 17.0. The maximum absolute atomic E-state index is 6.35. The molecule has 9 aromatic carbocycles. The van der Waals surface area contributed by atoms with Crippen molar-refractivity contribution >= 4 is 102 Å². The maximum Gasteiger partial charge on any atom is 0.164 e. The van der Waals surface area contributed by atoms with E-state index in [2.05, 4.69) is 156 Å². The standard InChI is InChI=1S/C55H30N4OS/c1-2-11-32-28-34(23-22-31(32)10-1)33-12-7-13-35(29-33)53-56-54(58-55(57-53)41-17-8-20-46-49(41)40-15-4-6-19-45(40)60-46)36-24-26-44-42(30-36)39-25-27-48-51-50-38(16-9-21-47(50)61-48)37-14-3-5-18-43(37)59(44)52(39)51/h1-30H. The number of benzene rings is 9. The first-order valence-corrected chi connectivity index (χ1v) is 21.3. The molecule has 61 heavy (non-hydrogen) atoms. The number of rotatable bonds is 4. The lowest BCUT2D eigenvalue weighted by Gasteiger charge is -2.11. The lowest BCUT2D eigenvalue weighted by Crippen LogP contribution is -2.00. The molecule has 6 heteroatoms. The van der Waals surface area contributed by atoms with Gasteiger partial charge < -0.3 is 8.82 Å². The number of thiophene rings is 1. The van der Waals surface area contributed by atoms with E-state index in [1.807, 2.05) is 41.7 Å². The summed E-state index contributed by atoms with van der Waals surface area (Å²) in [6.07, 6.45) is 0. The van der Waals surface area contributed by atoms with Crippen molar-refractivity contribution in [2.45, 2.75) is 0 Å². The summed E-state index contributed by atoms with van der Waals surface area (Å²) < 4.78 is 11.4. The van der Waals surface area contributed by atoms with E-state index in [0.717, 1.165) is 60.7 Å². The fraction of sp³-hybridized carbons (Fsp3) is 0. The van der Waals surface area contributed by atoms with Crippen molar-refractivity contribution in [1.29, 1.82) is 0 Å². The topological polar surface area (TPSA) is 56.2 Å². The fourth-order valence-corrected chi connectivity index (χ4v) is 11.0. The fourth-order valence-electron chi connectivity index (χ4n) is 9.84. The number of fused-ring (bicyclic) bond motifs is 10. The highest BCUT2D eigenvalue weighted by Crippen LogP contribution is 2.47. The second kappa shape index (κ2) is 12.3. The van der Waals surface area contributed by atoms with Gasteiger partial charge in [-0.2, -0.15) is 0 Å². The summed E-state index contributed by atoms with van der Waals surface area (Å²) in [5.41, 5.74) is 10.2. The highest BCUT2D eigenvalue weighted by molar-refractivity contribution is 7.26. The van der Waals surface area contributed by atoms with Crippen LogP contribution >= 0.6 is 11.3 Å². The van der Waals surface area contributed by atoms with Crippen molar-refractivity contribution in [3.63, 3.8) is 0 Å². The second-order valence-electron chi connectivity index (χ2n) is 15.9. The average molecular weight is 795 g/mol.